The maximum atomic E-state index is 3.50. The zero-order chi connectivity index (χ0) is 13.0. The molecule has 0 amide bonds. The van der Waals surface area contributed by atoms with Crippen LogP contribution in [0.3, 0.4) is 0 Å². The number of rotatable bonds is 6. The second-order valence-corrected chi connectivity index (χ2v) is 5.59. The summed E-state index contributed by atoms with van der Waals surface area (Å²) in [7, 11) is 4.09. The van der Waals surface area contributed by atoms with Crippen LogP contribution < -0.4 is 10.6 Å². The summed E-state index contributed by atoms with van der Waals surface area (Å²) in [6.45, 7) is 3.31. The van der Waals surface area contributed by atoms with Crippen molar-refractivity contribution < 1.29 is 0 Å². The Labute approximate surface area is 113 Å². The molecule has 0 aliphatic rings. The van der Waals surface area contributed by atoms with Crippen molar-refractivity contribution >= 4 is 21.4 Å². The maximum Gasteiger partial charge on any atom is 0.0372 e. The van der Waals surface area contributed by atoms with Crippen molar-refractivity contribution in [3.8, 4) is 0 Å². The Morgan fingerprint density at radius 1 is 1.22 bits per heavy atom. The number of hydrogen-bond donors (Lipinski definition) is 2. The van der Waals surface area contributed by atoms with E-state index in [0.29, 0.717) is 12.0 Å². The summed E-state index contributed by atoms with van der Waals surface area (Å²) in [5.74, 6) is 0.623. The molecule has 0 bridgehead atoms. The van der Waals surface area contributed by atoms with Crippen LogP contribution in [0.1, 0.15) is 24.9 Å². The van der Waals surface area contributed by atoms with Crippen molar-refractivity contribution in [2.24, 2.45) is 5.92 Å². The average Bonchev–Trinajstić information content (AvgIpc) is 2.83. The average molecular weight is 262 g/mol. The van der Waals surface area contributed by atoms with Crippen LogP contribution in [0.25, 0.3) is 10.1 Å². The normalized spacial score (nSPS) is 14.8. The molecule has 0 saturated heterocycles. The first-order valence-electron chi connectivity index (χ1n) is 6.59. The third-order valence-corrected chi connectivity index (χ3v) is 4.60. The van der Waals surface area contributed by atoms with E-state index in [4.69, 9.17) is 0 Å². The van der Waals surface area contributed by atoms with Gasteiger partial charge in [-0.05, 0) is 49.0 Å². The van der Waals surface area contributed by atoms with Gasteiger partial charge in [-0.3, -0.25) is 0 Å². The molecule has 0 radical (unpaired) electrons. The zero-order valence-electron chi connectivity index (χ0n) is 11.4. The lowest BCUT2D eigenvalue weighted by Gasteiger charge is -2.25. The van der Waals surface area contributed by atoms with Crippen molar-refractivity contribution in [3.63, 3.8) is 0 Å². The smallest absolute Gasteiger partial charge is 0.0372 e. The fourth-order valence-electron chi connectivity index (χ4n) is 2.64. The van der Waals surface area contributed by atoms with Gasteiger partial charge in [0.2, 0.25) is 0 Å². The van der Waals surface area contributed by atoms with Gasteiger partial charge in [-0.25, -0.2) is 0 Å². The molecule has 2 atom stereocenters. The molecule has 0 aliphatic carbocycles. The van der Waals surface area contributed by atoms with E-state index in [2.05, 4.69) is 54.3 Å². The molecule has 3 heteroatoms. The van der Waals surface area contributed by atoms with E-state index in [1.165, 1.54) is 22.1 Å². The zero-order valence-corrected chi connectivity index (χ0v) is 12.2. The lowest BCUT2D eigenvalue weighted by atomic mass is 9.90. The molecule has 98 valence electrons. The summed E-state index contributed by atoms with van der Waals surface area (Å²) < 4.78 is 1.38. The quantitative estimate of drug-likeness (QED) is 0.833. The van der Waals surface area contributed by atoms with E-state index in [1.807, 2.05) is 18.4 Å². The Hall–Kier alpha value is -0.900. The molecule has 1 heterocycles. The van der Waals surface area contributed by atoms with E-state index in [9.17, 15) is 0 Å². The van der Waals surface area contributed by atoms with E-state index in [0.717, 1.165) is 6.54 Å². The van der Waals surface area contributed by atoms with Crippen molar-refractivity contribution in [1.29, 1.82) is 0 Å². The van der Waals surface area contributed by atoms with Crippen LogP contribution in [0.2, 0.25) is 0 Å². The highest BCUT2D eigenvalue weighted by Crippen LogP contribution is 2.34. The first-order chi connectivity index (χ1) is 8.81. The van der Waals surface area contributed by atoms with Gasteiger partial charge in [-0.15, -0.1) is 11.3 Å². The second kappa shape index (κ2) is 6.32. The molecule has 2 rings (SSSR count). The van der Waals surface area contributed by atoms with Crippen LogP contribution >= 0.6 is 11.3 Å². The molecule has 2 aromatic rings. The molecule has 1 aromatic carbocycles. The molecule has 0 spiro atoms. The van der Waals surface area contributed by atoms with Crippen LogP contribution in [-0.4, -0.2) is 20.6 Å². The summed E-state index contributed by atoms with van der Waals surface area (Å²) in [6, 6.07) is 9.11. The predicted octanol–water partition coefficient (Wildman–Crippen LogP) is 3.41. The van der Waals surface area contributed by atoms with Gasteiger partial charge < -0.3 is 10.6 Å². The molecule has 18 heavy (non-hydrogen) atoms. The van der Waals surface area contributed by atoms with E-state index >= 15 is 0 Å². The van der Waals surface area contributed by atoms with Gasteiger partial charge in [-0.2, -0.15) is 0 Å². The molecular weight excluding hydrogens is 240 g/mol. The first-order valence-corrected chi connectivity index (χ1v) is 7.47. The summed E-state index contributed by atoms with van der Waals surface area (Å²) in [5, 5.41) is 10.5. The molecule has 2 N–H and O–H groups in total. The fraction of sp³-hybridized carbons (Fsp3) is 0.467. The van der Waals surface area contributed by atoms with E-state index in [-0.39, 0.29) is 0 Å². The Morgan fingerprint density at radius 2 is 2.00 bits per heavy atom. The lowest BCUT2D eigenvalue weighted by Crippen LogP contribution is -2.31. The van der Waals surface area contributed by atoms with Crippen LogP contribution in [0.5, 0.6) is 0 Å². The molecular formula is C15H22N2S. The SMILES string of the molecule is CCC(CNC)C(NC)c1csc2ccccc12. The fourth-order valence-corrected chi connectivity index (χ4v) is 3.64. The van der Waals surface area contributed by atoms with Crippen LogP contribution in [0.4, 0.5) is 0 Å². The molecule has 0 fully saturated rings. The number of hydrogen-bond acceptors (Lipinski definition) is 3. The van der Waals surface area contributed by atoms with Crippen LogP contribution in [0, 0.1) is 5.92 Å². The van der Waals surface area contributed by atoms with E-state index in [1.54, 1.807) is 0 Å². The molecule has 2 nitrogen and oxygen atoms in total. The summed E-state index contributed by atoms with van der Waals surface area (Å²) in [5.41, 5.74) is 1.44. The van der Waals surface area contributed by atoms with Gasteiger partial charge in [0.25, 0.3) is 0 Å². The lowest BCUT2D eigenvalue weighted by molar-refractivity contribution is 0.362. The van der Waals surface area contributed by atoms with Gasteiger partial charge in [0.15, 0.2) is 0 Å². The van der Waals surface area contributed by atoms with Gasteiger partial charge in [0.1, 0.15) is 0 Å². The number of fused-ring (bicyclic) bond motifs is 1. The molecule has 0 saturated carbocycles. The molecule has 2 unspecified atom stereocenters. The summed E-state index contributed by atoms with van der Waals surface area (Å²) in [6.07, 6.45) is 1.18. The number of benzene rings is 1. The van der Waals surface area contributed by atoms with Crippen LogP contribution in [-0.2, 0) is 0 Å². The Balaban J connectivity index is 2.37. The topological polar surface area (TPSA) is 24.1 Å². The summed E-state index contributed by atoms with van der Waals surface area (Å²) in [4.78, 5) is 0. The van der Waals surface area contributed by atoms with Crippen molar-refractivity contribution in [3.05, 3.63) is 35.2 Å². The van der Waals surface area contributed by atoms with E-state index < -0.39 is 0 Å². The monoisotopic (exact) mass is 262 g/mol. The first kappa shape index (κ1) is 13.5. The van der Waals surface area contributed by atoms with Crippen molar-refractivity contribution in [1.82, 2.24) is 10.6 Å². The Bertz CT molecular complexity index is 492. The third-order valence-electron chi connectivity index (χ3n) is 3.62. The highest BCUT2D eigenvalue weighted by atomic mass is 32.1. The maximum absolute atomic E-state index is 3.50. The molecule has 0 aliphatic heterocycles. The number of nitrogens with one attached hydrogen (secondary N) is 2. The third kappa shape index (κ3) is 2.58. The van der Waals surface area contributed by atoms with Crippen LogP contribution in [0.15, 0.2) is 29.6 Å². The standard InChI is InChI=1S/C15H22N2S/c1-4-11(9-16-2)15(17-3)13-10-18-14-8-6-5-7-12(13)14/h5-8,10-11,15-17H,4,9H2,1-3H3. The Morgan fingerprint density at radius 3 is 2.67 bits per heavy atom. The highest BCUT2D eigenvalue weighted by Gasteiger charge is 2.22. The van der Waals surface area contributed by atoms with Gasteiger partial charge in [0, 0.05) is 10.7 Å². The number of thiophene rings is 1. The minimum Gasteiger partial charge on any atom is -0.319 e. The minimum absolute atomic E-state index is 0.429. The van der Waals surface area contributed by atoms with Gasteiger partial charge in [-0.1, -0.05) is 31.5 Å². The Kier molecular flexibility index (Phi) is 4.75. The van der Waals surface area contributed by atoms with Crippen molar-refractivity contribution in [2.45, 2.75) is 19.4 Å². The van der Waals surface area contributed by atoms with Gasteiger partial charge >= 0.3 is 0 Å². The largest absolute Gasteiger partial charge is 0.319 e. The summed E-state index contributed by atoms with van der Waals surface area (Å²) >= 11 is 1.84. The minimum atomic E-state index is 0.429. The highest BCUT2D eigenvalue weighted by molar-refractivity contribution is 7.17. The second-order valence-electron chi connectivity index (χ2n) is 4.68. The van der Waals surface area contributed by atoms with Crippen molar-refractivity contribution in [2.75, 3.05) is 20.6 Å². The van der Waals surface area contributed by atoms with Gasteiger partial charge in [0.05, 0.1) is 0 Å². The molecule has 1 aromatic heterocycles. The predicted molar refractivity (Wildman–Crippen MR) is 81.3 cm³/mol.